The van der Waals surface area contributed by atoms with E-state index in [-0.39, 0.29) is 0 Å². The quantitative estimate of drug-likeness (QED) is 0.914. The molecule has 19 heavy (non-hydrogen) atoms. The fraction of sp³-hybridized carbons (Fsp3) is 0.417. The van der Waals surface area contributed by atoms with Gasteiger partial charge in [-0.05, 0) is 61.1 Å². The van der Waals surface area contributed by atoms with Crippen LogP contribution in [0.5, 0.6) is 5.88 Å². The van der Waals surface area contributed by atoms with Gasteiger partial charge >= 0.3 is 0 Å². The first kappa shape index (κ1) is 12.7. The van der Waals surface area contributed by atoms with Gasteiger partial charge in [0.05, 0.1) is 12.3 Å². The summed E-state index contributed by atoms with van der Waals surface area (Å²) in [4.78, 5) is 8.73. The van der Waals surface area contributed by atoms with Gasteiger partial charge in [0.2, 0.25) is 5.88 Å². The highest BCUT2D eigenvalue weighted by molar-refractivity contribution is 8.00. The first-order valence-corrected chi connectivity index (χ1v) is 7.67. The maximum absolute atomic E-state index is 5.87. The molecule has 2 heterocycles. The van der Waals surface area contributed by atoms with E-state index in [2.05, 4.69) is 14.3 Å². The number of pyridine rings is 1. The Hall–Kier alpha value is -1.34. The summed E-state index contributed by atoms with van der Waals surface area (Å²) in [5.41, 5.74) is 6.45. The van der Waals surface area contributed by atoms with E-state index in [1.807, 2.05) is 19.1 Å². The van der Waals surface area contributed by atoms with Crippen LogP contribution in [0, 0.1) is 12.8 Å². The minimum Gasteiger partial charge on any atom is -0.476 e. The van der Waals surface area contributed by atoms with E-state index >= 15 is 0 Å². The molecule has 0 radical (unpaired) electrons. The van der Waals surface area contributed by atoms with Crippen molar-refractivity contribution in [2.24, 2.45) is 5.92 Å². The first-order valence-electron chi connectivity index (χ1n) is 6.08. The molecule has 0 atom stereocenters. The van der Waals surface area contributed by atoms with Gasteiger partial charge in [0.15, 0.2) is 4.34 Å². The van der Waals surface area contributed by atoms with E-state index in [4.69, 9.17) is 10.5 Å². The van der Waals surface area contributed by atoms with Gasteiger partial charge < -0.3 is 10.5 Å². The Morgan fingerprint density at radius 2 is 2.26 bits per heavy atom. The maximum atomic E-state index is 5.87. The summed E-state index contributed by atoms with van der Waals surface area (Å²) < 4.78 is 10.7. The molecule has 0 aromatic carbocycles. The normalized spacial score (nSPS) is 14.6. The highest BCUT2D eigenvalue weighted by atomic mass is 32.2. The van der Waals surface area contributed by atoms with Crippen molar-refractivity contribution in [2.45, 2.75) is 29.1 Å². The molecule has 0 unspecified atom stereocenters. The molecule has 0 bridgehead atoms. The van der Waals surface area contributed by atoms with Crippen molar-refractivity contribution in [3.05, 3.63) is 18.0 Å². The molecule has 0 aliphatic heterocycles. The Kier molecular flexibility index (Phi) is 3.56. The molecular weight excluding hydrogens is 280 g/mol. The average molecular weight is 294 g/mol. The lowest BCUT2D eigenvalue weighted by atomic mass is 10.4. The SMILES string of the molecule is Cc1nsc(Sc2ccc(N)c(OCC3CC3)n2)n1. The number of nitrogens with two attached hydrogens (primary N) is 1. The number of anilines is 1. The minimum atomic E-state index is 0.526. The summed E-state index contributed by atoms with van der Waals surface area (Å²) >= 11 is 2.85. The lowest BCUT2D eigenvalue weighted by molar-refractivity contribution is 0.288. The zero-order valence-electron chi connectivity index (χ0n) is 10.5. The Morgan fingerprint density at radius 3 is 2.95 bits per heavy atom. The lowest BCUT2D eigenvalue weighted by Crippen LogP contribution is -2.04. The van der Waals surface area contributed by atoms with Crippen molar-refractivity contribution in [1.82, 2.24) is 14.3 Å². The van der Waals surface area contributed by atoms with Crippen LogP contribution in [-0.4, -0.2) is 20.9 Å². The number of nitrogens with zero attached hydrogens (tertiary/aromatic N) is 3. The molecule has 0 saturated heterocycles. The van der Waals surface area contributed by atoms with Crippen molar-refractivity contribution in [1.29, 1.82) is 0 Å². The number of hydrogen-bond donors (Lipinski definition) is 1. The fourth-order valence-electron chi connectivity index (χ4n) is 1.50. The Morgan fingerprint density at radius 1 is 1.42 bits per heavy atom. The van der Waals surface area contributed by atoms with Crippen LogP contribution < -0.4 is 10.5 Å². The van der Waals surface area contributed by atoms with E-state index in [0.717, 1.165) is 15.2 Å². The number of ether oxygens (including phenoxy) is 1. The zero-order valence-corrected chi connectivity index (χ0v) is 12.1. The van der Waals surface area contributed by atoms with Crippen molar-refractivity contribution in [3.8, 4) is 5.88 Å². The second-order valence-electron chi connectivity index (χ2n) is 4.51. The van der Waals surface area contributed by atoms with Gasteiger partial charge in [-0.15, -0.1) is 0 Å². The molecule has 1 fully saturated rings. The summed E-state index contributed by atoms with van der Waals surface area (Å²) in [6, 6.07) is 3.70. The van der Waals surface area contributed by atoms with Crippen molar-refractivity contribution < 1.29 is 4.74 Å². The van der Waals surface area contributed by atoms with Crippen LogP contribution in [0.4, 0.5) is 5.69 Å². The van der Waals surface area contributed by atoms with E-state index < -0.39 is 0 Å². The topological polar surface area (TPSA) is 73.9 Å². The third-order valence-corrected chi connectivity index (χ3v) is 4.50. The molecule has 2 N–H and O–H groups in total. The second kappa shape index (κ2) is 5.34. The molecule has 1 aliphatic rings. The van der Waals surface area contributed by atoms with E-state index in [1.54, 1.807) is 0 Å². The highest BCUT2D eigenvalue weighted by Crippen LogP contribution is 2.33. The smallest absolute Gasteiger partial charge is 0.238 e. The van der Waals surface area contributed by atoms with Crippen LogP contribution in [0.25, 0.3) is 0 Å². The van der Waals surface area contributed by atoms with Crippen LogP contribution in [0.1, 0.15) is 18.7 Å². The van der Waals surface area contributed by atoms with Crippen molar-refractivity contribution in [2.75, 3.05) is 12.3 Å². The van der Waals surface area contributed by atoms with Crippen molar-refractivity contribution >= 4 is 29.0 Å². The lowest BCUT2D eigenvalue weighted by Gasteiger charge is -2.08. The van der Waals surface area contributed by atoms with Crippen LogP contribution in [0.2, 0.25) is 0 Å². The van der Waals surface area contributed by atoms with Gasteiger partial charge in [-0.1, -0.05) is 0 Å². The molecule has 3 rings (SSSR count). The predicted molar refractivity (Wildman–Crippen MR) is 75.6 cm³/mol. The van der Waals surface area contributed by atoms with E-state index in [1.165, 1.54) is 36.1 Å². The average Bonchev–Trinajstić information content (AvgIpc) is 3.13. The molecule has 1 saturated carbocycles. The fourth-order valence-corrected chi connectivity index (χ4v) is 3.06. The molecule has 0 spiro atoms. The number of nitrogen functional groups attached to an aromatic ring is 1. The van der Waals surface area contributed by atoms with Crippen LogP contribution >= 0.6 is 23.3 Å². The second-order valence-corrected chi connectivity index (χ2v) is 6.53. The van der Waals surface area contributed by atoms with Gasteiger partial charge in [-0.25, -0.2) is 9.97 Å². The molecule has 2 aromatic heterocycles. The van der Waals surface area contributed by atoms with Gasteiger partial charge in [0.1, 0.15) is 10.9 Å². The molecular formula is C12H14N4OS2. The van der Waals surface area contributed by atoms with E-state index in [0.29, 0.717) is 24.1 Å². The Balaban J connectivity index is 1.72. The molecule has 100 valence electrons. The third-order valence-electron chi connectivity index (χ3n) is 2.72. The van der Waals surface area contributed by atoms with Gasteiger partial charge in [-0.3, -0.25) is 0 Å². The molecule has 7 heteroatoms. The molecule has 1 aliphatic carbocycles. The minimum absolute atomic E-state index is 0.526. The number of hydrogen-bond acceptors (Lipinski definition) is 7. The summed E-state index contributed by atoms with van der Waals surface area (Å²) in [6.45, 7) is 2.59. The summed E-state index contributed by atoms with van der Waals surface area (Å²) in [5, 5.41) is 0.830. The first-order chi connectivity index (χ1) is 9.20. The van der Waals surface area contributed by atoms with Crippen LogP contribution in [-0.2, 0) is 0 Å². The Bertz CT molecular complexity index is 583. The molecule has 5 nitrogen and oxygen atoms in total. The molecule has 0 amide bonds. The summed E-state index contributed by atoms with van der Waals surface area (Å²) in [6.07, 6.45) is 2.50. The summed E-state index contributed by atoms with van der Waals surface area (Å²) in [5.74, 6) is 2.00. The number of aryl methyl sites for hydroxylation is 1. The monoisotopic (exact) mass is 294 g/mol. The molecule has 2 aromatic rings. The van der Waals surface area contributed by atoms with Gasteiger partial charge in [-0.2, -0.15) is 4.37 Å². The highest BCUT2D eigenvalue weighted by Gasteiger charge is 2.22. The third kappa shape index (κ3) is 3.36. The van der Waals surface area contributed by atoms with Gasteiger partial charge in [0.25, 0.3) is 0 Å². The summed E-state index contributed by atoms with van der Waals surface area (Å²) in [7, 11) is 0. The number of rotatable bonds is 5. The predicted octanol–water partition coefficient (Wildman–Crippen LogP) is 2.76. The largest absolute Gasteiger partial charge is 0.476 e. The van der Waals surface area contributed by atoms with Crippen LogP contribution in [0.3, 0.4) is 0 Å². The van der Waals surface area contributed by atoms with Crippen molar-refractivity contribution in [3.63, 3.8) is 0 Å². The number of aromatic nitrogens is 3. The maximum Gasteiger partial charge on any atom is 0.238 e. The Labute approximate surface area is 119 Å². The zero-order chi connectivity index (χ0) is 13.2. The van der Waals surface area contributed by atoms with E-state index in [9.17, 15) is 0 Å². The standard InChI is InChI=1S/C12H14N4OS2/c1-7-14-12(19-16-7)18-10-5-4-9(13)11(15-10)17-6-8-2-3-8/h4-5,8H,2-3,6,13H2,1H3. The van der Waals surface area contributed by atoms with Gasteiger partial charge in [0, 0.05) is 0 Å². The van der Waals surface area contributed by atoms with Crippen LogP contribution in [0.15, 0.2) is 21.5 Å².